The molecule has 23 heavy (non-hydrogen) atoms. The van der Waals surface area contributed by atoms with Crippen molar-refractivity contribution < 1.29 is 5.11 Å². The van der Waals surface area contributed by atoms with Gasteiger partial charge in [0.05, 0.1) is 5.60 Å². The molecule has 2 aromatic rings. The fourth-order valence-corrected chi connectivity index (χ4v) is 6.32. The standard InChI is InChI=1S/C22H24O/c23-22(19-9-5-2-6-10-19)15-21(18-7-3-1-4-8-18)13-16-11-17(14-21)20(22)12-16/h1-10,16-17,20,23H,11-15H2. The van der Waals surface area contributed by atoms with Crippen LogP contribution >= 0.6 is 0 Å². The maximum atomic E-state index is 11.8. The van der Waals surface area contributed by atoms with Crippen LogP contribution in [0.25, 0.3) is 0 Å². The maximum absolute atomic E-state index is 11.8. The molecule has 0 saturated heterocycles. The van der Waals surface area contributed by atoms with Gasteiger partial charge in [0, 0.05) is 0 Å². The maximum Gasteiger partial charge on any atom is 0.0935 e. The van der Waals surface area contributed by atoms with Crippen LogP contribution in [0.15, 0.2) is 60.7 Å². The second-order valence-electron chi connectivity index (χ2n) is 8.23. The minimum absolute atomic E-state index is 0.173. The molecule has 5 rings (SSSR count). The molecule has 3 aliphatic carbocycles. The smallest absolute Gasteiger partial charge is 0.0935 e. The lowest BCUT2D eigenvalue weighted by Gasteiger charge is -2.53. The molecular weight excluding hydrogens is 280 g/mol. The summed E-state index contributed by atoms with van der Waals surface area (Å²) in [6.07, 6.45) is 5.97. The Morgan fingerprint density at radius 1 is 0.783 bits per heavy atom. The van der Waals surface area contributed by atoms with Crippen LogP contribution in [-0.4, -0.2) is 5.11 Å². The summed E-state index contributed by atoms with van der Waals surface area (Å²) in [5.74, 6) is 1.94. The highest BCUT2D eigenvalue weighted by molar-refractivity contribution is 5.35. The summed E-state index contributed by atoms with van der Waals surface area (Å²) in [4.78, 5) is 0. The zero-order valence-electron chi connectivity index (χ0n) is 13.5. The van der Waals surface area contributed by atoms with E-state index in [1.807, 2.05) is 0 Å². The third-order valence-corrected chi connectivity index (χ3v) is 7.01. The van der Waals surface area contributed by atoms with Crippen LogP contribution in [0.3, 0.4) is 0 Å². The van der Waals surface area contributed by atoms with Gasteiger partial charge in [0.15, 0.2) is 0 Å². The topological polar surface area (TPSA) is 20.2 Å². The van der Waals surface area contributed by atoms with Crippen LogP contribution in [0.2, 0.25) is 0 Å². The molecule has 118 valence electrons. The molecule has 3 aliphatic rings. The molecule has 0 radical (unpaired) electrons. The lowest BCUT2D eigenvalue weighted by molar-refractivity contribution is -0.0970. The van der Waals surface area contributed by atoms with Crippen molar-refractivity contribution >= 4 is 0 Å². The first kappa shape index (κ1) is 13.8. The van der Waals surface area contributed by atoms with Gasteiger partial charge < -0.3 is 5.11 Å². The third-order valence-electron chi connectivity index (χ3n) is 7.01. The molecule has 3 bridgehead atoms. The Morgan fingerprint density at radius 2 is 1.43 bits per heavy atom. The van der Waals surface area contributed by atoms with Crippen LogP contribution in [0.1, 0.15) is 43.2 Å². The van der Waals surface area contributed by atoms with E-state index < -0.39 is 5.60 Å². The molecule has 0 spiro atoms. The molecule has 1 heteroatoms. The number of hydrogen-bond donors (Lipinski definition) is 1. The summed E-state index contributed by atoms with van der Waals surface area (Å²) in [6.45, 7) is 0. The Morgan fingerprint density at radius 3 is 2.13 bits per heavy atom. The van der Waals surface area contributed by atoms with Crippen molar-refractivity contribution in [3.63, 3.8) is 0 Å². The Hall–Kier alpha value is -1.60. The number of hydrogen-bond acceptors (Lipinski definition) is 1. The van der Waals surface area contributed by atoms with Gasteiger partial charge in [0.25, 0.3) is 0 Å². The monoisotopic (exact) mass is 304 g/mol. The van der Waals surface area contributed by atoms with Gasteiger partial charge in [-0.05, 0) is 66.4 Å². The highest BCUT2D eigenvalue weighted by Crippen LogP contribution is 2.66. The normalized spacial score (nSPS) is 41.2. The molecule has 0 heterocycles. The Balaban J connectivity index is 1.66. The molecule has 2 aromatic carbocycles. The van der Waals surface area contributed by atoms with Crippen molar-refractivity contribution in [1.29, 1.82) is 0 Å². The van der Waals surface area contributed by atoms with Gasteiger partial charge in [-0.1, -0.05) is 60.7 Å². The van der Waals surface area contributed by atoms with Gasteiger partial charge in [-0.25, -0.2) is 0 Å². The van der Waals surface area contributed by atoms with Crippen molar-refractivity contribution in [2.75, 3.05) is 0 Å². The zero-order valence-corrected chi connectivity index (χ0v) is 13.5. The highest BCUT2D eigenvalue weighted by atomic mass is 16.3. The molecule has 0 amide bonds. The quantitative estimate of drug-likeness (QED) is 0.856. The summed E-state index contributed by atoms with van der Waals surface area (Å²) >= 11 is 0. The van der Waals surface area contributed by atoms with Crippen molar-refractivity contribution in [3.05, 3.63) is 71.8 Å². The van der Waals surface area contributed by atoms with E-state index in [9.17, 15) is 5.11 Å². The molecule has 0 aliphatic heterocycles. The van der Waals surface area contributed by atoms with Crippen LogP contribution in [0.4, 0.5) is 0 Å². The predicted octanol–water partition coefficient (Wildman–Crippen LogP) is 4.65. The van der Waals surface area contributed by atoms with Gasteiger partial charge in [-0.2, -0.15) is 0 Å². The van der Waals surface area contributed by atoms with Crippen LogP contribution in [-0.2, 0) is 11.0 Å². The zero-order chi connectivity index (χ0) is 15.5. The van der Waals surface area contributed by atoms with Crippen LogP contribution < -0.4 is 0 Å². The molecule has 5 unspecified atom stereocenters. The Labute approximate surface area is 138 Å². The van der Waals surface area contributed by atoms with E-state index in [4.69, 9.17) is 0 Å². The molecule has 3 saturated carbocycles. The van der Waals surface area contributed by atoms with E-state index >= 15 is 0 Å². The van der Waals surface area contributed by atoms with Gasteiger partial charge in [0.1, 0.15) is 0 Å². The highest BCUT2D eigenvalue weighted by Gasteiger charge is 2.61. The predicted molar refractivity (Wildman–Crippen MR) is 92.0 cm³/mol. The van der Waals surface area contributed by atoms with Crippen molar-refractivity contribution in [1.82, 2.24) is 0 Å². The number of fused-ring (bicyclic) bond motifs is 2. The van der Waals surface area contributed by atoms with Crippen molar-refractivity contribution in [3.8, 4) is 0 Å². The fraction of sp³-hybridized carbons (Fsp3) is 0.455. The average Bonchev–Trinajstić information content (AvgIpc) is 2.86. The summed E-state index contributed by atoms with van der Waals surface area (Å²) in [5.41, 5.74) is 2.11. The first-order valence-electron chi connectivity index (χ1n) is 9.03. The number of aliphatic hydroxyl groups is 1. The van der Waals surface area contributed by atoms with E-state index in [-0.39, 0.29) is 5.41 Å². The van der Waals surface area contributed by atoms with Gasteiger partial charge in [-0.3, -0.25) is 0 Å². The first-order chi connectivity index (χ1) is 11.2. The van der Waals surface area contributed by atoms with Crippen molar-refractivity contribution in [2.45, 2.75) is 43.1 Å². The molecule has 0 aromatic heterocycles. The molecule has 5 atom stereocenters. The molecular formula is C22H24O. The molecule has 1 nitrogen and oxygen atoms in total. The largest absolute Gasteiger partial charge is 0.385 e. The summed E-state index contributed by atoms with van der Waals surface area (Å²) in [6, 6.07) is 21.5. The van der Waals surface area contributed by atoms with Crippen LogP contribution in [0.5, 0.6) is 0 Å². The van der Waals surface area contributed by atoms with E-state index in [1.165, 1.54) is 31.2 Å². The van der Waals surface area contributed by atoms with Crippen LogP contribution in [0, 0.1) is 17.8 Å². The van der Waals surface area contributed by atoms with E-state index in [2.05, 4.69) is 60.7 Å². The first-order valence-corrected chi connectivity index (χ1v) is 9.03. The van der Waals surface area contributed by atoms with Gasteiger partial charge >= 0.3 is 0 Å². The van der Waals surface area contributed by atoms with Crippen molar-refractivity contribution in [2.24, 2.45) is 17.8 Å². The number of benzene rings is 2. The van der Waals surface area contributed by atoms with Gasteiger partial charge in [-0.15, -0.1) is 0 Å². The third kappa shape index (κ3) is 1.89. The summed E-state index contributed by atoms with van der Waals surface area (Å²) in [7, 11) is 0. The summed E-state index contributed by atoms with van der Waals surface area (Å²) in [5, 5.41) is 11.8. The molecule has 1 N–H and O–H groups in total. The number of rotatable bonds is 2. The van der Waals surface area contributed by atoms with E-state index in [0.717, 1.165) is 17.9 Å². The lowest BCUT2D eigenvalue weighted by Crippen LogP contribution is -2.50. The Bertz CT molecular complexity index is 666. The minimum atomic E-state index is -0.648. The second-order valence-corrected chi connectivity index (χ2v) is 8.23. The molecule has 3 fully saturated rings. The second kappa shape index (κ2) is 4.70. The average molecular weight is 304 g/mol. The summed E-state index contributed by atoms with van der Waals surface area (Å²) < 4.78 is 0. The fourth-order valence-electron chi connectivity index (χ4n) is 6.32. The van der Waals surface area contributed by atoms with E-state index in [1.54, 1.807) is 0 Å². The Kier molecular flexibility index (Phi) is 2.82. The lowest BCUT2D eigenvalue weighted by atomic mass is 9.53. The van der Waals surface area contributed by atoms with Gasteiger partial charge in [0.2, 0.25) is 0 Å². The minimum Gasteiger partial charge on any atom is -0.385 e. The SMILES string of the molecule is OC1(c2ccccc2)CC2(c3ccccc3)CC3CC(C2)C1C3. The van der Waals surface area contributed by atoms with E-state index in [0.29, 0.717) is 11.8 Å².